The van der Waals surface area contributed by atoms with Crippen molar-refractivity contribution in [2.75, 3.05) is 19.5 Å². The summed E-state index contributed by atoms with van der Waals surface area (Å²) < 4.78 is 15.9. The van der Waals surface area contributed by atoms with Crippen molar-refractivity contribution in [3.8, 4) is 17.2 Å². The van der Waals surface area contributed by atoms with E-state index in [1.54, 1.807) is 49.6 Å². The molecule has 2 aromatic carbocycles. The maximum Gasteiger partial charge on any atom is 0.347 e. The second-order valence-corrected chi connectivity index (χ2v) is 6.87. The Bertz CT molecular complexity index is 864. The Morgan fingerprint density at radius 1 is 1.00 bits per heavy atom. The van der Waals surface area contributed by atoms with Gasteiger partial charge in [-0.25, -0.2) is 9.59 Å². The molecule has 1 atom stereocenters. The molecule has 156 valence electrons. The number of ether oxygens (including phenoxy) is 3. The number of methoxy groups -OCH3 is 2. The Morgan fingerprint density at radius 3 is 2.17 bits per heavy atom. The first-order valence-electron chi connectivity index (χ1n) is 8.98. The van der Waals surface area contributed by atoms with Crippen molar-refractivity contribution in [1.29, 1.82) is 0 Å². The van der Waals surface area contributed by atoms with E-state index >= 15 is 0 Å². The van der Waals surface area contributed by atoms with Crippen LogP contribution in [0, 0.1) is 0 Å². The molecule has 0 aliphatic rings. The van der Waals surface area contributed by atoms with Crippen molar-refractivity contribution < 1.29 is 28.9 Å². The summed E-state index contributed by atoms with van der Waals surface area (Å²) in [7, 11) is 3.06. The van der Waals surface area contributed by atoms with E-state index in [-0.39, 0.29) is 6.04 Å². The first kappa shape index (κ1) is 21.9. The highest BCUT2D eigenvalue weighted by molar-refractivity contribution is 5.91. The number of nitrogens with one attached hydrogen (secondary N) is 2. The average molecular weight is 402 g/mol. The lowest BCUT2D eigenvalue weighted by molar-refractivity contribution is -0.152. The van der Waals surface area contributed by atoms with Crippen LogP contribution in [0.1, 0.15) is 32.4 Å². The highest BCUT2D eigenvalue weighted by Gasteiger charge is 2.29. The second-order valence-electron chi connectivity index (χ2n) is 6.87. The van der Waals surface area contributed by atoms with Gasteiger partial charge in [-0.3, -0.25) is 0 Å². The van der Waals surface area contributed by atoms with Crippen LogP contribution in [-0.4, -0.2) is 36.9 Å². The summed E-state index contributed by atoms with van der Waals surface area (Å²) in [6.45, 7) is 4.79. The molecule has 0 saturated carbocycles. The van der Waals surface area contributed by atoms with Gasteiger partial charge < -0.3 is 30.0 Å². The van der Waals surface area contributed by atoms with Gasteiger partial charge in [0.25, 0.3) is 0 Å². The molecule has 0 fully saturated rings. The number of rotatable bonds is 8. The molecule has 29 heavy (non-hydrogen) atoms. The number of carbonyl (C=O) groups is 2. The van der Waals surface area contributed by atoms with Crippen molar-refractivity contribution in [3.05, 3.63) is 48.0 Å². The number of hydrogen-bond acceptors (Lipinski definition) is 5. The number of hydrogen-bond donors (Lipinski definition) is 3. The number of carbonyl (C=O) groups excluding carboxylic acids is 1. The van der Waals surface area contributed by atoms with E-state index < -0.39 is 17.6 Å². The molecule has 0 aliphatic heterocycles. The maximum absolute atomic E-state index is 12.3. The monoisotopic (exact) mass is 402 g/mol. The summed E-state index contributed by atoms with van der Waals surface area (Å²) in [5.74, 6) is 0.479. The first-order chi connectivity index (χ1) is 13.7. The normalized spacial score (nSPS) is 11.9. The molecule has 0 aromatic heterocycles. The van der Waals surface area contributed by atoms with Crippen LogP contribution >= 0.6 is 0 Å². The largest absolute Gasteiger partial charge is 0.497 e. The van der Waals surface area contributed by atoms with Crippen LogP contribution in [0.5, 0.6) is 17.2 Å². The van der Waals surface area contributed by atoms with Gasteiger partial charge in [0.05, 0.1) is 25.9 Å². The Balaban J connectivity index is 2.00. The van der Waals surface area contributed by atoms with Gasteiger partial charge in [-0.1, -0.05) is 12.1 Å². The zero-order valence-electron chi connectivity index (χ0n) is 17.1. The number of amides is 2. The van der Waals surface area contributed by atoms with Crippen molar-refractivity contribution in [2.45, 2.75) is 32.4 Å². The summed E-state index contributed by atoms with van der Waals surface area (Å²) in [6, 6.07) is 11.3. The first-order valence-corrected chi connectivity index (χ1v) is 8.98. The minimum Gasteiger partial charge on any atom is -0.497 e. The number of carboxylic acids is 1. The zero-order chi connectivity index (χ0) is 21.6. The lowest BCUT2D eigenvalue weighted by Crippen LogP contribution is -2.37. The van der Waals surface area contributed by atoms with Crippen LogP contribution in [0.25, 0.3) is 0 Å². The third-order valence-electron chi connectivity index (χ3n) is 4.27. The minimum atomic E-state index is -1.33. The van der Waals surface area contributed by atoms with Crippen molar-refractivity contribution in [2.24, 2.45) is 0 Å². The fraction of sp³-hybridized carbons (Fsp3) is 0.333. The standard InChI is InChI=1S/C21H26N2O6/c1-13(14-6-8-15(9-7-14)29-21(2,3)19(24)25)22-20(26)23-17-11-10-16(27-4)12-18(17)28-5/h6-13H,1-5H3,(H,24,25)(H2,22,23,26). The van der Waals surface area contributed by atoms with E-state index in [2.05, 4.69) is 10.6 Å². The molecule has 0 saturated heterocycles. The molecule has 3 N–H and O–H groups in total. The van der Waals surface area contributed by atoms with Gasteiger partial charge in [0.1, 0.15) is 17.2 Å². The lowest BCUT2D eigenvalue weighted by Gasteiger charge is -2.22. The molecule has 0 spiro atoms. The molecule has 8 nitrogen and oxygen atoms in total. The van der Waals surface area contributed by atoms with E-state index in [0.717, 1.165) is 5.56 Å². The minimum absolute atomic E-state index is 0.291. The quantitative estimate of drug-likeness (QED) is 0.620. The summed E-state index contributed by atoms with van der Waals surface area (Å²) in [4.78, 5) is 23.5. The number of carboxylic acid groups (broad SMARTS) is 1. The van der Waals surface area contributed by atoms with Crippen LogP contribution < -0.4 is 24.8 Å². The lowest BCUT2D eigenvalue weighted by atomic mass is 10.1. The molecule has 0 bridgehead atoms. The Kier molecular flexibility index (Phi) is 6.93. The summed E-state index contributed by atoms with van der Waals surface area (Å²) in [6.07, 6.45) is 0. The van der Waals surface area contributed by atoms with E-state index in [1.165, 1.54) is 21.0 Å². The molecule has 8 heteroatoms. The van der Waals surface area contributed by atoms with Gasteiger partial charge in [0, 0.05) is 6.07 Å². The number of aliphatic carboxylic acids is 1. The fourth-order valence-electron chi connectivity index (χ4n) is 2.50. The third kappa shape index (κ3) is 5.78. The molecule has 1 unspecified atom stereocenters. The number of benzene rings is 2. The van der Waals surface area contributed by atoms with Crippen molar-refractivity contribution >= 4 is 17.7 Å². The van der Waals surface area contributed by atoms with E-state index in [9.17, 15) is 9.59 Å². The van der Waals surface area contributed by atoms with Gasteiger partial charge in [-0.2, -0.15) is 0 Å². The van der Waals surface area contributed by atoms with Gasteiger partial charge in [0.15, 0.2) is 5.60 Å². The van der Waals surface area contributed by atoms with Gasteiger partial charge in [-0.15, -0.1) is 0 Å². The van der Waals surface area contributed by atoms with Gasteiger partial charge in [0.2, 0.25) is 0 Å². The van der Waals surface area contributed by atoms with Crippen molar-refractivity contribution in [3.63, 3.8) is 0 Å². The summed E-state index contributed by atoms with van der Waals surface area (Å²) >= 11 is 0. The van der Waals surface area contributed by atoms with Gasteiger partial charge in [-0.05, 0) is 50.6 Å². The average Bonchev–Trinajstić information content (AvgIpc) is 2.68. The maximum atomic E-state index is 12.3. The summed E-state index contributed by atoms with van der Waals surface area (Å²) in [5, 5.41) is 14.7. The molecular formula is C21H26N2O6. The SMILES string of the molecule is COc1ccc(NC(=O)NC(C)c2ccc(OC(C)(C)C(=O)O)cc2)c(OC)c1. The molecule has 0 heterocycles. The van der Waals surface area contributed by atoms with E-state index in [0.29, 0.717) is 22.9 Å². The second kappa shape index (κ2) is 9.18. The van der Waals surface area contributed by atoms with E-state index in [1.807, 2.05) is 6.92 Å². The van der Waals surface area contributed by atoms with Crippen LogP contribution in [0.4, 0.5) is 10.5 Å². The van der Waals surface area contributed by atoms with Gasteiger partial charge >= 0.3 is 12.0 Å². The predicted molar refractivity (Wildman–Crippen MR) is 109 cm³/mol. The Morgan fingerprint density at radius 2 is 1.62 bits per heavy atom. The van der Waals surface area contributed by atoms with Crippen LogP contribution in [0.15, 0.2) is 42.5 Å². The highest BCUT2D eigenvalue weighted by atomic mass is 16.5. The highest BCUT2D eigenvalue weighted by Crippen LogP contribution is 2.29. The molecule has 2 aromatic rings. The molecule has 2 amide bonds. The Labute approximate surface area is 169 Å². The third-order valence-corrected chi connectivity index (χ3v) is 4.27. The molecule has 0 aliphatic carbocycles. The van der Waals surface area contributed by atoms with Crippen LogP contribution in [0.2, 0.25) is 0 Å². The number of urea groups is 1. The molecule has 0 radical (unpaired) electrons. The van der Waals surface area contributed by atoms with Crippen LogP contribution in [-0.2, 0) is 4.79 Å². The van der Waals surface area contributed by atoms with Crippen molar-refractivity contribution in [1.82, 2.24) is 5.32 Å². The van der Waals surface area contributed by atoms with E-state index in [4.69, 9.17) is 19.3 Å². The predicted octanol–water partition coefficient (Wildman–Crippen LogP) is 3.83. The van der Waals surface area contributed by atoms with Crippen LogP contribution in [0.3, 0.4) is 0 Å². The Hall–Kier alpha value is -3.42. The fourth-order valence-corrected chi connectivity index (χ4v) is 2.50. The topological polar surface area (TPSA) is 106 Å². The number of anilines is 1. The smallest absolute Gasteiger partial charge is 0.347 e. The zero-order valence-corrected chi connectivity index (χ0v) is 17.1. The molecule has 2 rings (SSSR count). The summed E-state index contributed by atoms with van der Waals surface area (Å²) in [5.41, 5.74) is 0.0165. The molecular weight excluding hydrogens is 376 g/mol.